The molecular weight excluding hydrogens is 380 g/mol. The number of H-pyrrole nitrogens is 1. The fourth-order valence-electron chi connectivity index (χ4n) is 3.31. The van der Waals surface area contributed by atoms with Crippen LogP contribution in [0, 0.1) is 0 Å². The Bertz CT molecular complexity index is 1250. The molecule has 0 spiro atoms. The van der Waals surface area contributed by atoms with Crippen LogP contribution in [0.4, 0.5) is 5.82 Å². The van der Waals surface area contributed by atoms with Gasteiger partial charge in [-0.25, -0.2) is 0 Å². The van der Waals surface area contributed by atoms with Crippen molar-refractivity contribution < 1.29 is 9.59 Å². The van der Waals surface area contributed by atoms with E-state index in [2.05, 4.69) is 20.5 Å². The highest BCUT2D eigenvalue weighted by molar-refractivity contribution is 5.94. The Morgan fingerprint density at radius 3 is 2.70 bits per heavy atom. The lowest BCUT2D eigenvalue weighted by Crippen LogP contribution is -2.27. The van der Waals surface area contributed by atoms with Gasteiger partial charge in [0, 0.05) is 11.6 Å². The lowest BCUT2D eigenvalue weighted by molar-refractivity contribution is -0.120. The van der Waals surface area contributed by atoms with Crippen LogP contribution in [0.25, 0.3) is 22.0 Å². The molecule has 0 unspecified atom stereocenters. The van der Waals surface area contributed by atoms with Gasteiger partial charge < -0.3 is 16.8 Å². The average molecular weight is 400 g/mol. The van der Waals surface area contributed by atoms with Gasteiger partial charge >= 0.3 is 0 Å². The molecule has 4 rings (SSSR count). The third kappa shape index (κ3) is 3.97. The SMILES string of the molecule is NC(=O)c1cccnc1CNC(=O)Cc1cccc(-c2ccc3c(N)n[nH]c3c2)c1. The number of benzene rings is 2. The Hall–Kier alpha value is -4.20. The summed E-state index contributed by atoms with van der Waals surface area (Å²) in [5.41, 5.74) is 15.6. The Kier molecular flexibility index (Phi) is 5.13. The summed E-state index contributed by atoms with van der Waals surface area (Å²) < 4.78 is 0. The molecule has 2 amide bonds. The van der Waals surface area contributed by atoms with E-state index in [1.165, 1.54) is 0 Å². The van der Waals surface area contributed by atoms with E-state index in [0.717, 1.165) is 27.6 Å². The quantitative estimate of drug-likeness (QED) is 0.393. The third-order valence-electron chi connectivity index (χ3n) is 4.83. The maximum atomic E-state index is 12.4. The predicted octanol–water partition coefficient (Wildman–Crippen LogP) is 2.16. The Labute approximate surface area is 172 Å². The number of rotatable bonds is 6. The van der Waals surface area contributed by atoms with Crippen LogP contribution in [-0.2, 0) is 17.8 Å². The summed E-state index contributed by atoms with van der Waals surface area (Å²) in [6.07, 6.45) is 1.76. The molecule has 2 aromatic heterocycles. The third-order valence-corrected chi connectivity index (χ3v) is 4.83. The molecule has 0 atom stereocenters. The van der Waals surface area contributed by atoms with Gasteiger partial charge in [-0.1, -0.05) is 30.3 Å². The molecule has 2 heterocycles. The Morgan fingerprint density at radius 2 is 1.87 bits per heavy atom. The Morgan fingerprint density at radius 1 is 1.03 bits per heavy atom. The number of fused-ring (bicyclic) bond motifs is 1. The standard InChI is InChI=1S/C22H20N6O2/c23-21-16-7-6-15(11-18(16)27-28-21)14-4-1-3-13(9-14)10-20(29)26-12-19-17(22(24)30)5-2-8-25-19/h1-9,11H,10,12H2,(H2,24,30)(H,26,29)(H3,23,27,28). The first-order chi connectivity index (χ1) is 14.5. The number of carbonyl (C=O) groups excluding carboxylic acids is 2. The van der Waals surface area contributed by atoms with Crippen molar-refractivity contribution in [2.45, 2.75) is 13.0 Å². The van der Waals surface area contributed by atoms with Crippen LogP contribution < -0.4 is 16.8 Å². The number of carbonyl (C=O) groups is 2. The molecule has 0 saturated carbocycles. The summed E-state index contributed by atoms with van der Waals surface area (Å²) in [6, 6.07) is 16.8. The lowest BCUT2D eigenvalue weighted by Gasteiger charge is -2.09. The first kappa shape index (κ1) is 19.1. The maximum absolute atomic E-state index is 12.4. The number of pyridine rings is 1. The molecule has 0 saturated heterocycles. The van der Waals surface area contributed by atoms with E-state index < -0.39 is 5.91 Å². The average Bonchev–Trinajstić information content (AvgIpc) is 3.13. The molecule has 150 valence electrons. The van der Waals surface area contributed by atoms with Crippen molar-refractivity contribution in [3.63, 3.8) is 0 Å². The molecule has 8 nitrogen and oxygen atoms in total. The highest BCUT2D eigenvalue weighted by Crippen LogP contribution is 2.26. The van der Waals surface area contributed by atoms with Crippen LogP contribution >= 0.6 is 0 Å². The number of amides is 2. The number of nitrogens with two attached hydrogens (primary N) is 2. The molecule has 0 aliphatic heterocycles. The molecule has 0 aliphatic rings. The minimum atomic E-state index is -0.573. The summed E-state index contributed by atoms with van der Waals surface area (Å²) in [5.74, 6) is -0.282. The zero-order valence-electron chi connectivity index (χ0n) is 16.1. The summed E-state index contributed by atoms with van der Waals surface area (Å²) in [7, 11) is 0. The normalized spacial score (nSPS) is 10.8. The number of anilines is 1. The highest BCUT2D eigenvalue weighted by atomic mass is 16.2. The number of nitrogens with one attached hydrogen (secondary N) is 2. The van der Waals surface area contributed by atoms with Gasteiger partial charge in [-0.05, 0) is 41.0 Å². The fourth-order valence-corrected chi connectivity index (χ4v) is 3.31. The van der Waals surface area contributed by atoms with Crippen LogP contribution in [0.1, 0.15) is 21.6 Å². The van der Waals surface area contributed by atoms with Gasteiger partial charge in [0.05, 0.1) is 29.7 Å². The molecule has 30 heavy (non-hydrogen) atoms. The van der Waals surface area contributed by atoms with E-state index in [-0.39, 0.29) is 18.9 Å². The van der Waals surface area contributed by atoms with Gasteiger partial charge in [-0.3, -0.25) is 19.7 Å². The largest absolute Gasteiger partial charge is 0.382 e. The lowest BCUT2D eigenvalue weighted by atomic mass is 10.0. The molecule has 0 fully saturated rings. The number of hydrogen-bond donors (Lipinski definition) is 4. The highest BCUT2D eigenvalue weighted by Gasteiger charge is 2.11. The number of hydrogen-bond acceptors (Lipinski definition) is 5. The first-order valence-electron chi connectivity index (χ1n) is 9.34. The van der Waals surface area contributed by atoms with Crippen LogP contribution in [0.5, 0.6) is 0 Å². The maximum Gasteiger partial charge on any atom is 0.250 e. The van der Waals surface area contributed by atoms with Crippen molar-refractivity contribution in [1.29, 1.82) is 0 Å². The molecular formula is C22H20N6O2. The van der Waals surface area contributed by atoms with Gasteiger partial charge in [0.25, 0.3) is 5.91 Å². The number of nitrogens with zero attached hydrogens (tertiary/aromatic N) is 2. The van der Waals surface area contributed by atoms with Crippen LogP contribution in [0.2, 0.25) is 0 Å². The molecule has 0 aliphatic carbocycles. The summed E-state index contributed by atoms with van der Waals surface area (Å²) in [5, 5.41) is 10.6. The van der Waals surface area contributed by atoms with Crippen LogP contribution in [0.3, 0.4) is 0 Å². The van der Waals surface area contributed by atoms with Gasteiger partial charge in [0.15, 0.2) is 5.82 Å². The second kappa shape index (κ2) is 8.04. The van der Waals surface area contributed by atoms with E-state index in [1.54, 1.807) is 18.3 Å². The molecule has 2 aromatic carbocycles. The summed E-state index contributed by atoms with van der Waals surface area (Å²) in [6.45, 7) is 0.134. The first-order valence-corrected chi connectivity index (χ1v) is 9.34. The zero-order valence-corrected chi connectivity index (χ0v) is 16.1. The second-order valence-corrected chi connectivity index (χ2v) is 6.89. The van der Waals surface area contributed by atoms with Crippen LogP contribution in [-0.4, -0.2) is 27.0 Å². The predicted molar refractivity (Wildman–Crippen MR) is 114 cm³/mol. The van der Waals surface area contributed by atoms with Gasteiger partial charge in [0.1, 0.15) is 0 Å². The molecule has 8 heteroatoms. The van der Waals surface area contributed by atoms with Crippen LogP contribution in [0.15, 0.2) is 60.8 Å². The monoisotopic (exact) mass is 400 g/mol. The van der Waals surface area contributed by atoms with Crippen molar-refractivity contribution in [2.75, 3.05) is 5.73 Å². The molecule has 0 radical (unpaired) electrons. The molecule has 0 bridgehead atoms. The minimum Gasteiger partial charge on any atom is -0.382 e. The molecule has 6 N–H and O–H groups in total. The van der Waals surface area contributed by atoms with E-state index in [4.69, 9.17) is 11.5 Å². The minimum absolute atomic E-state index is 0.134. The second-order valence-electron chi connectivity index (χ2n) is 6.89. The van der Waals surface area contributed by atoms with Crippen molar-refractivity contribution in [1.82, 2.24) is 20.5 Å². The van der Waals surface area contributed by atoms with Crippen molar-refractivity contribution in [3.05, 3.63) is 77.6 Å². The van der Waals surface area contributed by atoms with E-state index >= 15 is 0 Å². The van der Waals surface area contributed by atoms with E-state index in [0.29, 0.717) is 17.1 Å². The zero-order chi connectivity index (χ0) is 21.1. The smallest absolute Gasteiger partial charge is 0.250 e. The summed E-state index contributed by atoms with van der Waals surface area (Å²) >= 11 is 0. The van der Waals surface area contributed by atoms with E-state index in [1.807, 2.05) is 42.5 Å². The van der Waals surface area contributed by atoms with Gasteiger partial charge in [0.2, 0.25) is 5.91 Å². The number of aromatic amines is 1. The van der Waals surface area contributed by atoms with E-state index in [9.17, 15) is 9.59 Å². The fraction of sp³-hybridized carbons (Fsp3) is 0.0909. The number of aromatic nitrogens is 3. The summed E-state index contributed by atoms with van der Waals surface area (Å²) in [4.78, 5) is 28.0. The van der Waals surface area contributed by atoms with Crippen molar-refractivity contribution in [3.8, 4) is 11.1 Å². The number of nitrogen functional groups attached to an aromatic ring is 1. The topological polar surface area (TPSA) is 140 Å². The number of primary amides is 1. The molecule has 4 aromatic rings. The van der Waals surface area contributed by atoms with Gasteiger partial charge in [-0.2, -0.15) is 5.10 Å². The Balaban J connectivity index is 1.46. The van der Waals surface area contributed by atoms with Crippen molar-refractivity contribution >= 4 is 28.5 Å². The van der Waals surface area contributed by atoms with Gasteiger partial charge in [-0.15, -0.1) is 0 Å². The van der Waals surface area contributed by atoms with Crippen molar-refractivity contribution in [2.24, 2.45) is 5.73 Å².